The summed E-state index contributed by atoms with van der Waals surface area (Å²) in [5.74, 6) is 1.17. The highest BCUT2D eigenvalue weighted by Crippen LogP contribution is 2.29. The predicted octanol–water partition coefficient (Wildman–Crippen LogP) is 2.31. The van der Waals surface area contributed by atoms with Gasteiger partial charge in [-0.25, -0.2) is 0 Å². The fourth-order valence-electron chi connectivity index (χ4n) is 1.41. The number of hydrogen-bond acceptors (Lipinski definition) is 4. The van der Waals surface area contributed by atoms with E-state index in [9.17, 15) is 0 Å². The molecule has 1 aromatic carbocycles. The van der Waals surface area contributed by atoms with Crippen LogP contribution in [0.2, 0.25) is 0 Å². The predicted molar refractivity (Wildman–Crippen MR) is 64.9 cm³/mol. The van der Waals surface area contributed by atoms with Crippen molar-refractivity contribution in [2.75, 3.05) is 6.54 Å². The number of nitrogens with zero attached hydrogens (tertiary/aromatic N) is 2. The third-order valence-electron chi connectivity index (χ3n) is 2.26. The van der Waals surface area contributed by atoms with Crippen LogP contribution in [-0.2, 0) is 6.42 Å². The van der Waals surface area contributed by atoms with Crippen molar-refractivity contribution in [3.8, 4) is 11.5 Å². The van der Waals surface area contributed by atoms with Crippen molar-refractivity contribution in [1.29, 1.82) is 0 Å². The largest absolute Gasteiger partial charge is 0.334 e. The first-order chi connectivity index (χ1) is 7.72. The molecule has 16 heavy (non-hydrogen) atoms. The Morgan fingerprint density at radius 2 is 2.25 bits per heavy atom. The molecule has 0 fully saturated rings. The Labute approximate surface area is 102 Å². The Balaban J connectivity index is 2.39. The quantitative estimate of drug-likeness (QED) is 0.938. The fraction of sp³-hybridized carbons (Fsp3) is 0.273. The van der Waals surface area contributed by atoms with Crippen LogP contribution in [0.15, 0.2) is 27.2 Å². The van der Waals surface area contributed by atoms with E-state index in [-0.39, 0.29) is 0 Å². The highest BCUT2D eigenvalue weighted by molar-refractivity contribution is 9.10. The van der Waals surface area contributed by atoms with Gasteiger partial charge in [0.15, 0.2) is 5.82 Å². The van der Waals surface area contributed by atoms with Gasteiger partial charge in [0.05, 0.1) is 5.56 Å². The Kier molecular flexibility index (Phi) is 3.36. The maximum Gasteiger partial charge on any atom is 0.259 e. The Hall–Kier alpha value is -1.20. The molecular weight excluding hydrogens is 270 g/mol. The van der Waals surface area contributed by atoms with Crippen LogP contribution < -0.4 is 5.73 Å². The van der Waals surface area contributed by atoms with E-state index in [0.717, 1.165) is 15.6 Å². The molecule has 0 saturated heterocycles. The van der Waals surface area contributed by atoms with E-state index in [1.807, 2.05) is 25.1 Å². The van der Waals surface area contributed by atoms with E-state index in [2.05, 4.69) is 26.1 Å². The zero-order valence-electron chi connectivity index (χ0n) is 8.90. The van der Waals surface area contributed by atoms with E-state index in [4.69, 9.17) is 10.3 Å². The normalized spacial score (nSPS) is 10.7. The third kappa shape index (κ3) is 2.15. The summed E-state index contributed by atoms with van der Waals surface area (Å²) in [6.45, 7) is 2.54. The van der Waals surface area contributed by atoms with E-state index in [0.29, 0.717) is 24.7 Å². The van der Waals surface area contributed by atoms with Gasteiger partial charge < -0.3 is 10.3 Å². The number of halogens is 1. The lowest BCUT2D eigenvalue weighted by Gasteiger charge is -2.01. The van der Waals surface area contributed by atoms with Crippen LogP contribution in [0.3, 0.4) is 0 Å². The maximum atomic E-state index is 5.43. The summed E-state index contributed by atoms with van der Waals surface area (Å²) < 4.78 is 6.18. The summed E-state index contributed by atoms with van der Waals surface area (Å²) in [7, 11) is 0. The molecule has 0 aliphatic rings. The van der Waals surface area contributed by atoms with Gasteiger partial charge in [-0.3, -0.25) is 0 Å². The Morgan fingerprint density at radius 3 is 3.00 bits per heavy atom. The summed E-state index contributed by atoms with van der Waals surface area (Å²) in [5.41, 5.74) is 7.48. The van der Waals surface area contributed by atoms with E-state index >= 15 is 0 Å². The zero-order chi connectivity index (χ0) is 11.5. The zero-order valence-corrected chi connectivity index (χ0v) is 10.5. The van der Waals surface area contributed by atoms with Crippen LogP contribution in [-0.4, -0.2) is 16.7 Å². The minimum absolute atomic E-state index is 0.522. The molecule has 2 rings (SSSR count). The standard InChI is InChI=1S/C11H12BrN3O/c1-7-3-2-4-8(10(7)12)11-14-9(5-6-13)15-16-11/h2-4H,5-6,13H2,1H3. The third-order valence-corrected chi connectivity index (χ3v) is 3.31. The first-order valence-corrected chi connectivity index (χ1v) is 5.80. The molecule has 0 saturated carbocycles. The van der Waals surface area contributed by atoms with Gasteiger partial charge in [0.2, 0.25) is 0 Å². The van der Waals surface area contributed by atoms with Crippen LogP contribution in [0.25, 0.3) is 11.5 Å². The molecule has 0 amide bonds. The molecule has 0 spiro atoms. The lowest BCUT2D eigenvalue weighted by atomic mass is 10.1. The Morgan fingerprint density at radius 1 is 1.44 bits per heavy atom. The van der Waals surface area contributed by atoms with Crippen molar-refractivity contribution in [2.45, 2.75) is 13.3 Å². The topological polar surface area (TPSA) is 64.9 Å². The average Bonchev–Trinajstić information content (AvgIpc) is 2.71. The minimum Gasteiger partial charge on any atom is -0.334 e. The number of nitrogens with two attached hydrogens (primary N) is 1. The van der Waals surface area contributed by atoms with Crippen molar-refractivity contribution in [3.63, 3.8) is 0 Å². The molecule has 4 nitrogen and oxygen atoms in total. The lowest BCUT2D eigenvalue weighted by molar-refractivity contribution is 0.422. The van der Waals surface area contributed by atoms with Gasteiger partial charge in [-0.2, -0.15) is 4.98 Å². The molecule has 0 radical (unpaired) electrons. The monoisotopic (exact) mass is 281 g/mol. The van der Waals surface area contributed by atoms with Crippen molar-refractivity contribution in [3.05, 3.63) is 34.1 Å². The van der Waals surface area contributed by atoms with Gasteiger partial charge in [-0.15, -0.1) is 0 Å². The summed E-state index contributed by atoms with van der Waals surface area (Å²) in [6.07, 6.45) is 0.632. The molecule has 0 bridgehead atoms. The van der Waals surface area contributed by atoms with E-state index in [1.54, 1.807) is 0 Å². The first-order valence-electron chi connectivity index (χ1n) is 5.00. The van der Waals surface area contributed by atoms with Gasteiger partial charge in [-0.1, -0.05) is 17.3 Å². The number of benzene rings is 1. The Bertz CT molecular complexity index is 496. The number of aryl methyl sites for hydroxylation is 1. The highest BCUT2D eigenvalue weighted by atomic mass is 79.9. The van der Waals surface area contributed by atoms with Crippen molar-refractivity contribution in [2.24, 2.45) is 5.73 Å². The van der Waals surface area contributed by atoms with E-state index < -0.39 is 0 Å². The molecule has 1 aromatic heterocycles. The summed E-state index contributed by atoms with van der Waals surface area (Å²) in [6, 6.07) is 5.92. The second kappa shape index (κ2) is 4.76. The summed E-state index contributed by atoms with van der Waals surface area (Å²) in [4.78, 5) is 4.28. The number of hydrogen-bond donors (Lipinski definition) is 1. The average molecular weight is 282 g/mol. The van der Waals surface area contributed by atoms with Crippen molar-refractivity contribution in [1.82, 2.24) is 10.1 Å². The van der Waals surface area contributed by atoms with Gasteiger partial charge in [-0.05, 0) is 41.0 Å². The second-order valence-corrected chi connectivity index (χ2v) is 4.28. The smallest absolute Gasteiger partial charge is 0.259 e. The summed E-state index contributed by atoms with van der Waals surface area (Å²) in [5, 5.41) is 3.87. The first kappa shape index (κ1) is 11.3. The van der Waals surface area contributed by atoms with Crippen LogP contribution in [0, 0.1) is 6.92 Å². The summed E-state index contributed by atoms with van der Waals surface area (Å²) >= 11 is 3.51. The molecular formula is C11H12BrN3O. The SMILES string of the molecule is Cc1cccc(-c2nc(CCN)no2)c1Br. The van der Waals surface area contributed by atoms with Crippen LogP contribution in [0.4, 0.5) is 0 Å². The lowest BCUT2D eigenvalue weighted by Crippen LogP contribution is -2.03. The van der Waals surface area contributed by atoms with E-state index in [1.165, 1.54) is 0 Å². The van der Waals surface area contributed by atoms with Gasteiger partial charge in [0.1, 0.15) is 0 Å². The van der Waals surface area contributed by atoms with Gasteiger partial charge in [0, 0.05) is 10.9 Å². The molecule has 2 aromatic rings. The maximum absolute atomic E-state index is 5.43. The molecule has 0 unspecified atom stereocenters. The fourth-order valence-corrected chi connectivity index (χ4v) is 1.84. The van der Waals surface area contributed by atoms with Crippen LogP contribution in [0.1, 0.15) is 11.4 Å². The molecule has 84 valence electrons. The van der Waals surface area contributed by atoms with Gasteiger partial charge in [0.25, 0.3) is 5.89 Å². The molecule has 0 atom stereocenters. The number of aromatic nitrogens is 2. The minimum atomic E-state index is 0.522. The molecule has 0 aliphatic carbocycles. The highest BCUT2D eigenvalue weighted by Gasteiger charge is 2.12. The molecule has 5 heteroatoms. The number of rotatable bonds is 3. The van der Waals surface area contributed by atoms with Crippen LogP contribution in [0.5, 0.6) is 0 Å². The second-order valence-electron chi connectivity index (χ2n) is 3.49. The molecule has 1 heterocycles. The molecule has 0 aliphatic heterocycles. The van der Waals surface area contributed by atoms with Crippen LogP contribution >= 0.6 is 15.9 Å². The molecule has 2 N–H and O–H groups in total. The van der Waals surface area contributed by atoms with Crippen molar-refractivity contribution < 1.29 is 4.52 Å². The van der Waals surface area contributed by atoms with Gasteiger partial charge >= 0.3 is 0 Å². The van der Waals surface area contributed by atoms with Crippen molar-refractivity contribution >= 4 is 15.9 Å².